The van der Waals surface area contributed by atoms with Crippen molar-refractivity contribution in [3.63, 3.8) is 0 Å². The summed E-state index contributed by atoms with van der Waals surface area (Å²) in [6, 6.07) is 9.65. The van der Waals surface area contributed by atoms with Crippen LogP contribution in [-0.2, 0) is 9.59 Å². The summed E-state index contributed by atoms with van der Waals surface area (Å²) in [7, 11) is 0. The van der Waals surface area contributed by atoms with Gasteiger partial charge in [-0.1, -0.05) is 39.0 Å². The van der Waals surface area contributed by atoms with Gasteiger partial charge in [-0.3, -0.25) is 14.5 Å². The number of nitrogens with one attached hydrogen (secondary N) is 1. The summed E-state index contributed by atoms with van der Waals surface area (Å²) in [4.78, 5) is 26.9. The zero-order chi connectivity index (χ0) is 15.3. The van der Waals surface area contributed by atoms with Gasteiger partial charge in [0.2, 0.25) is 11.8 Å². The number of hydrogen-bond donors (Lipinski definition) is 1. The van der Waals surface area contributed by atoms with Crippen molar-refractivity contribution in [2.75, 3.05) is 12.0 Å². The van der Waals surface area contributed by atoms with Gasteiger partial charge in [0.05, 0.1) is 12.1 Å². The van der Waals surface area contributed by atoms with Crippen molar-refractivity contribution in [1.82, 2.24) is 4.90 Å². The molecule has 2 bridgehead atoms. The van der Waals surface area contributed by atoms with Crippen molar-refractivity contribution in [3.05, 3.63) is 30.3 Å². The highest BCUT2D eigenvalue weighted by Gasteiger charge is 2.64. The Hall–Kier alpha value is -1.84. The van der Waals surface area contributed by atoms with E-state index in [1.165, 1.54) is 4.90 Å². The lowest BCUT2D eigenvalue weighted by molar-refractivity contribution is -0.167. The topological polar surface area (TPSA) is 49.4 Å². The van der Waals surface area contributed by atoms with Gasteiger partial charge in [-0.15, -0.1) is 0 Å². The van der Waals surface area contributed by atoms with Crippen LogP contribution in [0.5, 0.6) is 0 Å². The lowest BCUT2D eigenvalue weighted by Crippen LogP contribution is -2.59. The molecule has 1 heterocycles. The maximum Gasteiger partial charge on any atom is 0.237 e. The molecule has 2 amide bonds. The average Bonchev–Trinajstić information content (AvgIpc) is 2.65. The summed E-state index contributed by atoms with van der Waals surface area (Å²) in [5, 5.41) is 3.17. The van der Waals surface area contributed by atoms with Gasteiger partial charge in [0.1, 0.15) is 0 Å². The summed E-state index contributed by atoms with van der Waals surface area (Å²) >= 11 is 0. The van der Waals surface area contributed by atoms with Crippen LogP contribution in [0.15, 0.2) is 30.3 Å². The minimum Gasteiger partial charge on any atom is -0.367 e. The number of carbonyl (C=O) groups excluding carboxylic acids is 2. The second-order valence-electron chi connectivity index (χ2n) is 6.92. The largest absolute Gasteiger partial charge is 0.367 e. The number of fused-ring (bicyclic) bond motifs is 2. The Kier molecular flexibility index (Phi) is 3.08. The molecule has 1 saturated carbocycles. The number of imide groups is 1. The average molecular weight is 286 g/mol. The van der Waals surface area contributed by atoms with E-state index < -0.39 is 5.41 Å². The number of anilines is 1. The molecule has 4 nitrogen and oxygen atoms in total. The number of rotatable bonds is 3. The van der Waals surface area contributed by atoms with Crippen molar-refractivity contribution in [3.8, 4) is 0 Å². The zero-order valence-electron chi connectivity index (χ0n) is 12.8. The van der Waals surface area contributed by atoms with Gasteiger partial charge < -0.3 is 5.32 Å². The number of hydrogen-bond acceptors (Lipinski definition) is 3. The van der Waals surface area contributed by atoms with Gasteiger partial charge in [0.15, 0.2) is 0 Å². The van der Waals surface area contributed by atoms with E-state index in [1.807, 2.05) is 37.3 Å². The molecule has 0 aromatic heterocycles. The Balaban J connectivity index is 1.81. The van der Waals surface area contributed by atoms with Gasteiger partial charge in [0, 0.05) is 11.6 Å². The number of carbonyl (C=O) groups is 2. The summed E-state index contributed by atoms with van der Waals surface area (Å²) in [5.74, 6) is -0.101. The lowest BCUT2D eigenvalue weighted by atomic mass is 9.62. The highest BCUT2D eigenvalue weighted by atomic mass is 16.2. The van der Waals surface area contributed by atoms with Crippen LogP contribution < -0.4 is 5.32 Å². The van der Waals surface area contributed by atoms with Gasteiger partial charge in [-0.05, 0) is 30.4 Å². The van der Waals surface area contributed by atoms with Gasteiger partial charge in [-0.2, -0.15) is 0 Å². The number of amides is 2. The number of nitrogens with zero attached hydrogens (tertiary/aromatic N) is 1. The number of benzene rings is 1. The second-order valence-corrected chi connectivity index (χ2v) is 6.92. The first-order valence-electron chi connectivity index (χ1n) is 7.53. The van der Waals surface area contributed by atoms with Crippen LogP contribution in [0.3, 0.4) is 0 Å². The smallest absolute Gasteiger partial charge is 0.237 e. The van der Waals surface area contributed by atoms with Crippen molar-refractivity contribution in [2.45, 2.75) is 33.6 Å². The molecule has 1 aromatic rings. The molecule has 1 N–H and O–H groups in total. The van der Waals surface area contributed by atoms with E-state index in [9.17, 15) is 9.59 Å². The molecule has 1 aliphatic carbocycles. The molecule has 2 fully saturated rings. The summed E-state index contributed by atoms with van der Waals surface area (Å²) in [6.07, 6.45) is 1.62. The molecule has 2 aliphatic rings. The fraction of sp³-hybridized carbons (Fsp3) is 0.529. The Morgan fingerprint density at radius 3 is 2.52 bits per heavy atom. The van der Waals surface area contributed by atoms with Crippen LogP contribution in [-0.4, -0.2) is 23.4 Å². The maximum atomic E-state index is 12.8. The molecule has 2 atom stereocenters. The van der Waals surface area contributed by atoms with E-state index in [4.69, 9.17) is 0 Å². The molecule has 1 aromatic carbocycles. The normalized spacial score (nSPS) is 30.6. The first-order valence-corrected chi connectivity index (χ1v) is 7.53. The molecule has 112 valence electrons. The van der Waals surface area contributed by atoms with Crippen LogP contribution in [0.25, 0.3) is 0 Å². The minimum absolute atomic E-state index is 0.0246. The molecule has 21 heavy (non-hydrogen) atoms. The predicted octanol–water partition coefficient (Wildman–Crippen LogP) is 2.87. The van der Waals surface area contributed by atoms with Crippen LogP contribution in [0.4, 0.5) is 5.69 Å². The van der Waals surface area contributed by atoms with Gasteiger partial charge in [-0.25, -0.2) is 0 Å². The molecule has 0 radical (unpaired) electrons. The fourth-order valence-corrected chi connectivity index (χ4v) is 3.78. The predicted molar refractivity (Wildman–Crippen MR) is 81.4 cm³/mol. The number of piperidine rings is 1. The Morgan fingerprint density at radius 2 is 1.86 bits per heavy atom. The first-order chi connectivity index (χ1) is 9.88. The Morgan fingerprint density at radius 1 is 1.19 bits per heavy atom. The molecule has 1 aliphatic heterocycles. The third-order valence-electron chi connectivity index (χ3n) is 5.72. The maximum absolute atomic E-state index is 12.8. The second kappa shape index (κ2) is 4.58. The minimum atomic E-state index is -0.427. The van der Waals surface area contributed by atoms with Crippen LogP contribution in [0.2, 0.25) is 0 Å². The third-order valence-corrected chi connectivity index (χ3v) is 5.72. The highest BCUT2D eigenvalue weighted by Crippen LogP contribution is 2.59. The van der Waals surface area contributed by atoms with Crippen molar-refractivity contribution < 1.29 is 9.59 Å². The van der Waals surface area contributed by atoms with Crippen molar-refractivity contribution >= 4 is 17.5 Å². The van der Waals surface area contributed by atoms with Crippen LogP contribution in [0.1, 0.15) is 33.6 Å². The van der Waals surface area contributed by atoms with Gasteiger partial charge in [0.25, 0.3) is 0 Å². The SMILES string of the molecule is CC1(C)[C@H]2CC[C@]1(C)C(=O)N(CNc1ccccc1)C2=O. The molecular formula is C17H22N2O2. The first kappa shape index (κ1) is 14.1. The molecule has 3 rings (SSSR count). The van der Waals surface area contributed by atoms with Gasteiger partial charge >= 0.3 is 0 Å². The van der Waals surface area contributed by atoms with Crippen molar-refractivity contribution in [2.24, 2.45) is 16.7 Å². The Labute approximate surface area is 125 Å². The molecule has 0 unspecified atom stereocenters. The van der Waals surface area contributed by atoms with Crippen LogP contribution >= 0.6 is 0 Å². The summed E-state index contributed by atoms with van der Waals surface area (Å²) in [6.45, 7) is 6.38. The van der Waals surface area contributed by atoms with E-state index in [-0.39, 0.29) is 29.8 Å². The van der Waals surface area contributed by atoms with E-state index in [1.54, 1.807) is 0 Å². The van der Waals surface area contributed by atoms with E-state index in [2.05, 4.69) is 19.2 Å². The van der Waals surface area contributed by atoms with E-state index in [0.717, 1.165) is 18.5 Å². The number of para-hydroxylation sites is 1. The van der Waals surface area contributed by atoms with Crippen molar-refractivity contribution in [1.29, 1.82) is 0 Å². The molecule has 0 spiro atoms. The fourth-order valence-electron chi connectivity index (χ4n) is 3.78. The molecular weight excluding hydrogens is 264 g/mol. The Bertz CT molecular complexity index is 582. The monoisotopic (exact) mass is 286 g/mol. The van der Waals surface area contributed by atoms with E-state index >= 15 is 0 Å². The summed E-state index contributed by atoms with van der Waals surface area (Å²) in [5.41, 5.74) is 0.245. The quantitative estimate of drug-likeness (QED) is 0.869. The summed E-state index contributed by atoms with van der Waals surface area (Å²) < 4.78 is 0. The third kappa shape index (κ3) is 1.88. The van der Waals surface area contributed by atoms with E-state index in [0.29, 0.717) is 0 Å². The van der Waals surface area contributed by atoms with Crippen LogP contribution in [0, 0.1) is 16.7 Å². The molecule has 4 heteroatoms. The lowest BCUT2D eigenvalue weighted by Gasteiger charge is -2.47. The zero-order valence-corrected chi connectivity index (χ0v) is 12.8. The highest BCUT2D eigenvalue weighted by molar-refractivity contribution is 6.03. The number of likely N-dealkylation sites (tertiary alicyclic amines) is 1. The molecule has 1 saturated heterocycles. The standard InChI is InChI=1S/C17H22N2O2/c1-16(2)13-9-10-17(16,3)15(21)19(14(13)20)11-18-12-7-5-4-6-8-12/h4-8,13,18H,9-11H2,1-3H3/t13-,17+/m0/s1.